The molecule has 0 saturated heterocycles. The van der Waals surface area contributed by atoms with Crippen LogP contribution in [-0.4, -0.2) is 35.9 Å². The molecular formula is C13H18INO4S. The van der Waals surface area contributed by atoms with E-state index in [0.717, 1.165) is 3.57 Å². The lowest BCUT2D eigenvalue weighted by Gasteiger charge is -2.34. The molecule has 1 rings (SSSR count). The number of hydrogen-bond acceptors (Lipinski definition) is 3. The predicted molar refractivity (Wildman–Crippen MR) is 85.1 cm³/mol. The summed E-state index contributed by atoms with van der Waals surface area (Å²) in [5.74, 6) is -1.02. The SMILES string of the molecule is CC(C)(C)N(CCC(=O)O)S(=O)(=O)c1ccc(I)cc1. The second-order valence-electron chi connectivity index (χ2n) is 5.35. The van der Waals surface area contributed by atoms with Gasteiger partial charge in [0.15, 0.2) is 0 Å². The molecule has 0 aliphatic rings. The van der Waals surface area contributed by atoms with E-state index in [1.165, 1.54) is 16.4 Å². The van der Waals surface area contributed by atoms with Gasteiger partial charge in [0.2, 0.25) is 10.0 Å². The summed E-state index contributed by atoms with van der Waals surface area (Å²) in [6.45, 7) is 5.20. The largest absolute Gasteiger partial charge is 0.481 e. The molecule has 1 aromatic carbocycles. The minimum Gasteiger partial charge on any atom is -0.481 e. The Labute approximate surface area is 133 Å². The third-order valence-corrected chi connectivity index (χ3v) is 5.58. The highest BCUT2D eigenvalue weighted by molar-refractivity contribution is 14.1. The van der Waals surface area contributed by atoms with Gasteiger partial charge in [-0.1, -0.05) is 0 Å². The number of carbonyl (C=O) groups is 1. The Balaban J connectivity index is 3.17. The van der Waals surface area contributed by atoms with Gasteiger partial charge in [-0.05, 0) is 67.6 Å². The maximum Gasteiger partial charge on any atom is 0.304 e. The predicted octanol–water partition coefficient (Wildman–Crippen LogP) is 2.56. The molecule has 0 spiro atoms. The van der Waals surface area contributed by atoms with Crippen LogP contribution in [-0.2, 0) is 14.8 Å². The zero-order valence-electron chi connectivity index (χ0n) is 11.6. The van der Waals surface area contributed by atoms with Crippen LogP contribution < -0.4 is 0 Å². The Morgan fingerprint density at radius 3 is 2.15 bits per heavy atom. The van der Waals surface area contributed by atoms with Crippen LogP contribution in [0.25, 0.3) is 0 Å². The van der Waals surface area contributed by atoms with Crippen molar-refractivity contribution in [2.45, 2.75) is 37.6 Å². The first kappa shape index (κ1) is 17.4. The Morgan fingerprint density at radius 2 is 1.75 bits per heavy atom. The average Bonchev–Trinajstić information content (AvgIpc) is 2.26. The quantitative estimate of drug-likeness (QED) is 0.756. The van der Waals surface area contributed by atoms with Crippen molar-refractivity contribution in [1.82, 2.24) is 4.31 Å². The van der Waals surface area contributed by atoms with E-state index < -0.39 is 21.5 Å². The molecule has 0 aliphatic heterocycles. The second-order valence-corrected chi connectivity index (χ2v) is 8.45. The smallest absolute Gasteiger partial charge is 0.304 e. The van der Waals surface area contributed by atoms with Gasteiger partial charge in [-0.25, -0.2) is 8.42 Å². The van der Waals surface area contributed by atoms with Gasteiger partial charge in [-0.2, -0.15) is 4.31 Å². The van der Waals surface area contributed by atoms with Crippen molar-refractivity contribution in [2.24, 2.45) is 0 Å². The molecule has 0 amide bonds. The van der Waals surface area contributed by atoms with E-state index in [1.54, 1.807) is 32.9 Å². The summed E-state index contributed by atoms with van der Waals surface area (Å²) in [7, 11) is -3.70. The Hall–Kier alpha value is -0.670. The van der Waals surface area contributed by atoms with Crippen LogP contribution in [0.15, 0.2) is 29.2 Å². The second kappa shape index (κ2) is 6.40. The molecule has 0 saturated carbocycles. The van der Waals surface area contributed by atoms with E-state index in [0.29, 0.717) is 0 Å². The van der Waals surface area contributed by atoms with Crippen molar-refractivity contribution in [1.29, 1.82) is 0 Å². The molecule has 0 radical (unpaired) electrons. The van der Waals surface area contributed by atoms with Gasteiger partial charge < -0.3 is 5.11 Å². The van der Waals surface area contributed by atoms with E-state index in [2.05, 4.69) is 22.6 Å². The molecule has 0 fully saturated rings. The fraction of sp³-hybridized carbons (Fsp3) is 0.462. The zero-order valence-corrected chi connectivity index (χ0v) is 14.6. The van der Waals surface area contributed by atoms with Gasteiger partial charge in [0.1, 0.15) is 0 Å². The lowest BCUT2D eigenvalue weighted by atomic mass is 10.1. The monoisotopic (exact) mass is 411 g/mol. The van der Waals surface area contributed by atoms with Crippen molar-refractivity contribution in [2.75, 3.05) is 6.54 Å². The first-order chi connectivity index (χ1) is 9.05. The Kier molecular flexibility index (Phi) is 5.56. The van der Waals surface area contributed by atoms with E-state index in [-0.39, 0.29) is 17.9 Å². The Bertz CT molecular complexity index is 575. The number of aliphatic carboxylic acids is 1. The zero-order chi connectivity index (χ0) is 15.6. The van der Waals surface area contributed by atoms with Crippen LogP contribution in [0.3, 0.4) is 0 Å². The first-order valence-electron chi connectivity index (χ1n) is 6.05. The maximum absolute atomic E-state index is 12.6. The van der Waals surface area contributed by atoms with E-state index in [1.807, 2.05) is 0 Å². The van der Waals surface area contributed by atoms with Gasteiger partial charge in [-0.15, -0.1) is 0 Å². The third-order valence-electron chi connectivity index (χ3n) is 2.68. The van der Waals surface area contributed by atoms with Gasteiger partial charge in [0, 0.05) is 15.7 Å². The number of carboxylic acid groups (broad SMARTS) is 1. The number of halogens is 1. The molecule has 7 heteroatoms. The standard InChI is InChI=1S/C13H18INO4S/c1-13(2,3)15(9-8-12(16)17)20(18,19)11-6-4-10(14)5-7-11/h4-7H,8-9H2,1-3H3,(H,16,17). The van der Waals surface area contributed by atoms with Crippen molar-refractivity contribution in [3.8, 4) is 0 Å². The molecule has 20 heavy (non-hydrogen) atoms. The van der Waals surface area contributed by atoms with Crippen molar-refractivity contribution < 1.29 is 18.3 Å². The van der Waals surface area contributed by atoms with Gasteiger partial charge in [0.05, 0.1) is 11.3 Å². The molecule has 1 N–H and O–H groups in total. The van der Waals surface area contributed by atoms with Crippen LogP contribution >= 0.6 is 22.6 Å². The lowest BCUT2D eigenvalue weighted by molar-refractivity contribution is -0.137. The van der Waals surface area contributed by atoms with Gasteiger partial charge in [-0.3, -0.25) is 4.79 Å². The molecule has 112 valence electrons. The summed E-state index contributed by atoms with van der Waals surface area (Å²) in [4.78, 5) is 10.9. The molecule has 0 bridgehead atoms. The first-order valence-corrected chi connectivity index (χ1v) is 8.57. The summed E-state index contributed by atoms with van der Waals surface area (Å²) in [6.07, 6.45) is -0.221. The fourth-order valence-corrected chi connectivity index (χ4v) is 3.89. The van der Waals surface area contributed by atoms with Crippen LogP contribution in [0.4, 0.5) is 0 Å². The molecular weight excluding hydrogens is 393 g/mol. The van der Waals surface area contributed by atoms with E-state index in [9.17, 15) is 13.2 Å². The highest BCUT2D eigenvalue weighted by atomic mass is 127. The van der Waals surface area contributed by atoms with Crippen LogP contribution in [0.2, 0.25) is 0 Å². The number of carboxylic acids is 1. The van der Waals surface area contributed by atoms with Gasteiger partial charge >= 0.3 is 5.97 Å². The number of sulfonamides is 1. The number of rotatable bonds is 5. The van der Waals surface area contributed by atoms with E-state index >= 15 is 0 Å². The summed E-state index contributed by atoms with van der Waals surface area (Å²) < 4.78 is 27.4. The summed E-state index contributed by atoms with van der Waals surface area (Å²) in [5, 5.41) is 8.78. The Morgan fingerprint density at radius 1 is 1.25 bits per heavy atom. The van der Waals surface area contributed by atoms with Crippen LogP contribution in [0.1, 0.15) is 27.2 Å². The minimum atomic E-state index is -3.70. The highest BCUT2D eigenvalue weighted by Gasteiger charge is 2.34. The van der Waals surface area contributed by atoms with E-state index in [4.69, 9.17) is 5.11 Å². The lowest BCUT2D eigenvalue weighted by Crippen LogP contribution is -2.46. The molecule has 0 atom stereocenters. The number of hydrogen-bond donors (Lipinski definition) is 1. The summed E-state index contributed by atoms with van der Waals surface area (Å²) in [6, 6.07) is 6.50. The van der Waals surface area contributed by atoms with Crippen LogP contribution in [0.5, 0.6) is 0 Å². The number of nitrogens with zero attached hydrogens (tertiary/aromatic N) is 1. The number of benzene rings is 1. The molecule has 0 aliphatic carbocycles. The molecule has 5 nitrogen and oxygen atoms in total. The third kappa shape index (κ3) is 4.42. The topological polar surface area (TPSA) is 74.7 Å². The van der Waals surface area contributed by atoms with Crippen molar-refractivity contribution in [3.05, 3.63) is 27.8 Å². The molecule has 1 aromatic rings. The van der Waals surface area contributed by atoms with Crippen molar-refractivity contribution in [3.63, 3.8) is 0 Å². The van der Waals surface area contributed by atoms with Crippen molar-refractivity contribution >= 4 is 38.6 Å². The normalized spacial score (nSPS) is 12.7. The molecule has 0 aromatic heterocycles. The summed E-state index contributed by atoms with van der Waals surface area (Å²) in [5.41, 5.74) is -0.683. The van der Waals surface area contributed by atoms with Gasteiger partial charge in [0.25, 0.3) is 0 Å². The summed E-state index contributed by atoms with van der Waals surface area (Å²) >= 11 is 2.10. The average molecular weight is 411 g/mol. The molecule has 0 heterocycles. The highest BCUT2D eigenvalue weighted by Crippen LogP contribution is 2.25. The maximum atomic E-state index is 12.6. The molecule has 0 unspecified atom stereocenters. The fourth-order valence-electron chi connectivity index (χ4n) is 1.75. The minimum absolute atomic E-state index is 0.0485. The van der Waals surface area contributed by atoms with Crippen LogP contribution in [0, 0.1) is 3.57 Å².